The number of ether oxygens (including phenoxy) is 1. The molecule has 2 heterocycles. The molecule has 0 aliphatic carbocycles. The number of aromatic amines is 2. The number of rotatable bonds is 5. The maximum atomic E-state index is 5.72. The number of fused-ring (bicyclic) bond motifs is 1. The molecule has 0 bridgehead atoms. The molecule has 0 aliphatic rings. The summed E-state index contributed by atoms with van der Waals surface area (Å²) in [5.74, 6) is 1.35. The third-order valence-corrected chi connectivity index (χ3v) is 4.59. The maximum Gasteiger partial charge on any atom is 0.216 e. The van der Waals surface area contributed by atoms with E-state index >= 15 is 0 Å². The Morgan fingerprint density at radius 2 is 1.96 bits per heavy atom. The first-order valence-electron chi connectivity index (χ1n) is 8.70. The zero-order chi connectivity index (χ0) is 18.8. The van der Waals surface area contributed by atoms with Gasteiger partial charge in [-0.25, -0.2) is 5.10 Å². The van der Waals surface area contributed by atoms with Crippen LogP contribution in [0.15, 0.2) is 53.6 Å². The monoisotopic (exact) mass is 377 g/mol. The summed E-state index contributed by atoms with van der Waals surface area (Å²) in [7, 11) is 0. The van der Waals surface area contributed by atoms with Crippen molar-refractivity contribution in [1.29, 1.82) is 0 Å². The topological polar surface area (TPSA) is 71.0 Å². The summed E-state index contributed by atoms with van der Waals surface area (Å²) < 4.78 is 7.77. The van der Waals surface area contributed by atoms with Crippen molar-refractivity contribution in [2.24, 2.45) is 5.10 Å². The van der Waals surface area contributed by atoms with Gasteiger partial charge in [0, 0.05) is 22.2 Å². The van der Waals surface area contributed by atoms with Gasteiger partial charge in [0.25, 0.3) is 0 Å². The SMILES string of the molecule is CCOc1ccccc1-c1n[nH]c(=S)n1/N=C\c1c(C)[nH]c2ccccc12. The molecule has 0 saturated heterocycles. The fraction of sp³-hybridized carbons (Fsp3) is 0.150. The van der Waals surface area contributed by atoms with E-state index in [0.29, 0.717) is 17.2 Å². The molecule has 0 fully saturated rings. The lowest BCUT2D eigenvalue weighted by Gasteiger charge is -2.08. The first-order chi connectivity index (χ1) is 13.2. The quantitative estimate of drug-likeness (QED) is 0.392. The average Bonchev–Trinajstić information content (AvgIpc) is 3.20. The molecule has 0 radical (unpaired) electrons. The van der Waals surface area contributed by atoms with Gasteiger partial charge in [-0.1, -0.05) is 30.3 Å². The Bertz CT molecular complexity index is 1180. The van der Waals surface area contributed by atoms with Gasteiger partial charge < -0.3 is 9.72 Å². The van der Waals surface area contributed by atoms with Crippen LogP contribution in [0.3, 0.4) is 0 Å². The van der Waals surface area contributed by atoms with Crippen LogP contribution >= 0.6 is 12.2 Å². The normalized spacial score (nSPS) is 11.5. The molecule has 0 amide bonds. The van der Waals surface area contributed by atoms with Crippen molar-refractivity contribution >= 4 is 29.3 Å². The molecule has 0 aliphatic heterocycles. The first kappa shape index (κ1) is 17.2. The summed E-state index contributed by atoms with van der Waals surface area (Å²) in [6, 6.07) is 15.9. The van der Waals surface area contributed by atoms with Crippen LogP contribution in [0.25, 0.3) is 22.3 Å². The van der Waals surface area contributed by atoms with Crippen LogP contribution < -0.4 is 4.74 Å². The van der Waals surface area contributed by atoms with E-state index in [-0.39, 0.29) is 0 Å². The summed E-state index contributed by atoms with van der Waals surface area (Å²) in [6.07, 6.45) is 1.81. The highest BCUT2D eigenvalue weighted by Gasteiger charge is 2.13. The van der Waals surface area contributed by atoms with Crippen molar-refractivity contribution in [3.8, 4) is 17.1 Å². The molecular weight excluding hydrogens is 358 g/mol. The Hall–Kier alpha value is -3.19. The highest BCUT2D eigenvalue weighted by molar-refractivity contribution is 7.71. The van der Waals surface area contributed by atoms with Crippen LogP contribution in [0.4, 0.5) is 0 Å². The maximum absolute atomic E-state index is 5.72. The molecule has 4 rings (SSSR count). The van der Waals surface area contributed by atoms with E-state index in [1.54, 1.807) is 4.68 Å². The lowest BCUT2D eigenvalue weighted by molar-refractivity contribution is 0.341. The van der Waals surface area contributed by atoms with Gasteiger partial charge in [0.05, 0.1) is 18.4 Å². The van der Waals surface area contributed by atoms with Crippen molar-refractivity contribution in [2.45, 2.75) is 13.8 Å². The lowest BCUT2D eigenvalue weighted by Crippen LogP contribution is -1.99. The summed E-state index contributed by atoms with van der Waals surface area (Å²) in [4.78, 5) is 3.37. The Balaban J connectivity index is 1.80. The van der Waals surface area contributed by atoms with Gasteiger partial charge in [-0.05, 0) is 44.3 Å². The van der Waals surface area contributed by atoms with Gasteiger partial charge in [0.2, 0.25) is 4.77 Å². The summed E-state index contributed by atoms with van der Waals surface area (Å²) >= 11 is 5.39. The molecule has 136 valence electrons. The third kappa shape index (κ3) is 3.17. The van der Waals surface area contributed by atoms with Crippen LogP contribution in [-0.4, -0.2) is 32.7 Å². The first-order valence-corrected chi connectivity index (χ1v) is 9.11. The second-order valence-electron chi connectivity index (χ2n) is 6.05. The molecule has 0 unspecified atom stereocenters. The Morgan fingerprint density at radius 1 is 1.19 bits per heavy atom. The molecule has 4 aromatic rings. The standard InChI is InChI=1S/C20H19N5OS/c1-3-26-18-11-7-5-9-15(18)19-23-24-20(27)25(19)21-12-16-13(2)22-17-10-6-4-8-14(16)17/h4-12,22H,3H2,1-2H3,(H,24,27)/b21-12-. The van der Waals surface area contributed by atoms with Crippen LogP contribution in [0.1, 0.15) is 18.2 Å². The largest absolute Gasteiger partial charge is 0.493 e. The second-order valence-corrected chi connectivity index (χ2v) is 6.43. The molecule has 6 nitrogen and oxygen atoms in total. The Morgan fingerprint density at radius 3 is 2.81 bits per heavy atom. The molecule has 27 heavy (non-hydrogen) atoms. The summed E-state index contributed by atoms with van der Waals surface area (Å²) in [6.45, 7) is 4.55. The smallest absolute Gasteiger partial charge is 0.216 e. The Labute approximate surface area is 161 Å². The van der Waals surface area contributed by atoms with E-state index < -0.39 is 0 Å². The van der Waals surface area contributed by atoms with Gasteiger partial charge >= 0.3 is 0 Å². The van der Waals surface area contributed by atoms with Gasteiger partial charge in [-0.15, -0.1) is 0 Å². The predicted octanol–water partition coefficient (Wildman–Crippen LogP) is 4.68. The van der Waals surface area contributed by atoms with Crippen LogP contribution in [0.2, 0.25) is 0 Å². The number of nitrogens with one attached hydrogen (secondary N) is 2. The molecule has 2 aromatic heterocycles. The van der Waals surface area contributed by atoms with E-state index in [2.05, 4.69) is 26.3 Å². The highest BCUT2D eigenvalue weighted by atomic mass is 32.1. The summed E-state index contributed by atoms with van der Waals surface area (Å²) in [5, 5.41) is 12.9. The van der Waals surface area contributed by atoms with Crippen molar-refractivity contribution in [3.63, 3.8) is 0 Å². The van der Waals surface area contributed by atoms with Crippen LogP contribution in [0.5, 0.6) is 5.75 Å². The minimum Gasteiger partial charge on any atom is -0.493 e. The molecule has 2 aromatic carbocycles. The van der Waals surface area contributed by atoms with Gasteiger partial charge in [0.15, 0.2) is 5.82 Å². The fourth-order valence-electron chi connectivity index (χ4n) is 3.09. The summed E-state index contributed by atoms with van der Waals surface area (Å²) in [5.41, 5.74) is 3.98. The molecule has 2 N–H and O–H groups in total. The lowest BCUT2D eigenvalue weighted by atomic mass is 10.1. The zero-order valence-corrected chi connectivity index (χ0v) is 15.9. The number of aromatic nitrogens is 4. The number of para-hydroxylation sites is 2. The van der Waals surface area contributed by atoms with E-state index in [0.717, 1.165) is 33.5 Å². The molecule has 0 atom stereocenters. The third-order valence-electron chi connectivity index (χ3n) is 4.32. The van der Waals surface area contributed by atoms with Crippen molar-refractivity contribution in [3.05, 3.63) is 64.6 Å². The number of hydrogen-bond acceptors (Lipinski definition) is 4. The minimum absolute atomic E-state index is 0.421. The van der Waals surface area contributed by atoms with E-state index in [4.69, 9.17) is 17.0 Å². The number of H-pyrrole nitrogens is 2. The van der Waals surface area contributed by atoms with E-state index in [1.807, 2.05) is 62.5 Å². The second kappa shape index (κ2) is 7.20. The predicted molar refractivity (Wildman–Crippen MR) is 110 cm³/mol. The number of hydrogen-bond donors (Lipinski definition) is 2. The van der Waals surface area contributed by atoms with Crippen molar-refractivity contribution in [2.75, 3.05) is 6.61 Å². The zero-order valence-electron chi connectivity index (χ0n) is 15.1. The van der Waals surface area contributed by atoms with Crippen LogP contribution in [0, 0.1) is 11.7 Å². The van der Waals surface area contributed by atoms with Crippen molar-refractivity contribution in [1.82, 2.24) is 19.9 Å². The molecular formula is C20H19N5OS. The van der Waals surface area contributed by atoms with E-state index in [9.17, 15) is 0 Å². The van der Waals surface area contributed by atoms with Gasteiger partial charge in [0.1, 0.15) is 5.75 Å². The fourth-order valence-corrected chi connectivity index (χ4v) is 3.27. The van der Waals surface area contributed by atoms with E-state index in [1.165, 1.54) is 0 Å². The van der Waals surface area contributed by atoms with Crippen molar-refractivity contribution < 1.29 is 4.74 Å². The van der Waals surface area contributed by atoms with Crippen LogP contribution in [-0.2, 0) is 0 Å². The number of aryl methyl sites for hydroxylation is 1. The minimum atomic E-state index is 0.421. The molecule has 0 spiro atoms. The van der Waals surface area contributed by atoms with Gasteiger partial charge in [-0.3, -0.25) is 0 Å². The number of benzene rings is 2. The molecule has 7 heteroatoms. The van der Waals surface area contributed by atoms with Gasteiger partial charge in [-0.2, -0.15) is 14.9 Å². The highest BCUT2D eigenvalue weighted by Crippen LogP contribution is 2.28. The number of nitrogens with zero attached hydrogens (tertiary/aromatic N) is 3. The molecule has 0 saturated carbocycles. The Kier molecular flexibility index (Phi) is 4.60. The average molecular weight is 377 g/mol.